The third-order valence-corrected chi connectivity index (χ3v) is 5.30. The van der Waals surface area contributed by atoms with E-state index in [0.717, 1.165) is 36.3 Å². The van der Waals surface area contributed by atoms with Gasteiger partial charge in [-0.15, -0.1) is 0 Å². The Morgan fingerprint density at radius 2 is 1.82 bits per heavy atom. The third kappa shape index (κ3) is 4.98. The van der Waals surface area contributed by atoms with Crippen molar-refractivity contribution in [3.05, 3.63) is 60.2 Å². The second-order valence-corrected chi connectivity index (χ2v) is 7.35. The van der Waals surface area contributed by atoms with Gasteiger partial charge in [-0.3, -0.25) is 14.5 Å². The molecule has 2 aromatic rings. The molecule has 0 unspecified atom stereocenters. The van der Waals surface area contributed by atoms with Crippen molar-refractivity contribution in [2.75, 3.05) is 36.4 Å². The topological polar surface area (TPSA) is 52.7 Å². The summed E-state index contributed by atoms with van der Waals surface area (Å²) in [5.74, 6) is 0.0332. The van der Waals surface area contributed by atoms with Gasteiger partial charge in [-0.25, -0.2) is 0 Å². The summed E-state index contributed by atoms with van der Waals surface area (Å²) in [7, 11) is 0. The SMILES string of the molecule is CCN(C(=O)CN1CCC[C@H](C(=O)Nc2ccccc2)C1)c1ccccc1C. The summed E-state index contributed by atoms with van der Waals surface area (Å²) in [6.07, 6.45) is 1.79. The Bertz CT molecular complexity index is 807. The molecule has 0 spiro atoms. The Kier molecular flexibility index (Phi) is 6.82. The standard InChI is InChI=1S/C23H29N3O2/c1-3-26(21-14-8-7-10-18(21)2)22(27)17-25-15-9-11-19(16-25)23(28)24-20-12-5-4-6-13-20/h4-8,10,12-14,19H,3,9,11,15-17H2,1-2H3,(H,24,28)/t19-/m0/s1. The average molecular weight is 380 g/mol. The number of hydrogen-bond acceptors (Lipinski definition) is 3. The number of carbonyl (C=O) groups is 2. The van der Waals surface area contributed by atoms with Gasteiger partial charge < -0.3 is 10.2 Å². The molecule has 0 aromatic heterocycles. The van der Waals surface area contributed by atoms with E-state index >= 15 is 0 Å². The molecule has 148 valence electrons. The number of benzene rings is 2. The van der Waals surface area contributed by atoms with E-state index in [2.05, 4.69) is 10.2 Å². The zero-order valence-corrected chi connectivity index (χ0v) is 16.7. The van der Waals surface area contributed by atoms with E-state index in [-0.39, 0.29) is 17.7 Å². The number of para-hydroxylation sites is 2. The van der Waals surface area contributed by atoms with Crippen LogP contribution >= 0.6 is 0 Å². The van der Waals surface area contributed by atoms with Crippen LogP contribution in [0.4, 0.5) is 11.4 Å². The predicted octanol–water partition coefficient (Wildman–Crippen LogP) is 3.70. The van der Waals surface area contributed by atoms with Crippen molar-refractivity contribution in [3.8, 4) is 0 Å². The maximum absolute atomic E-state index is 12.9. The molecule has 5 heteroatoms. The van der Waals surface area contributed by atoms with E-state index in [1.807, 2.05) is 73.3 Å². The number of likely N-dealkylation sites (N-methyl/N-ethyl adjacent to an activating group) is 1. The molecule has 0 aliphatic carbocycles. The number of amides is 2. The zero-order valence-electron chi connectivity index (χ0n) is 16.7. The predicted molar refractivity (Wildman–Crippen MR) is 113 cm³/mol. The Hall–Kier alpha value is -2.66. The molecule has 1 N–H and O–H groups in total. The van der Waals surface area contributed by atoms with E-state index in [0.29, 0.717) is 19.6 Å². The van der Waals surface area contributed by atoms with Gasteiger partial charge in [0.05, 0.1) is 12.5 Å². The van der Waals surface area contributed by atoms with Crippen LogP contribution < -0.4 is 10.2 Å². The smallest absolute Gasteiger partial charge is 0.241 e. The number of piperidine rings is 1. The Morgan fingerprint density at radius 3 is 2.54 bits per heavy atom. The van der Waals surface area contributed by atoms with Crippen LogP contribution in [0.5, 0.6) is 0 Å². The maximum atomic E-state index is 12.9. The molecule has 1 fully saturated rings. The first-order valence-corrected chi connectivity index (χ1v) is 10.0. The van der Waals surface area contributed by atoms with Gasteiger partial charge in [-0.2, -0.15) is 0 Å². The summed E-state index contributed by atoms with van der Waals surface area (Å²) in [6.45, 7) is 6.47. The van der Waals surface area contributed by atoms with Gasteiger partial charge in [0.15, 0.2) is 0 Å². The molecule has 5 nitrogen and oxygen atoms in total. The number of carbonyl (C=O) groups excluding carboxylic acids is 2. The van der Waals surface area contributed by atoms with Crippen molar-refractivity contribution in [3.63, 3.8) is 0 Å². The van der Waals surface area contributed by atoms with E-state index in [4.69, 9.17) is 0 Å². The summed E-state index contributed by atoms with van der Waals surface area (Å²) in [6, 6.07) is 17.5. The largest absolute Gasteiger partial charge is 0.326 e. The fraction of sp³-hybridized carbons (Fsp3) is 0.391. The van der Waals surface area contributed by atoms with Crippen LogP contribution in [-0.4, -0.2) is 42.9 Å². The summed E-state index contributed by atoms with van der Waals surface area (Å²) < 4.78 is 0. The van der Waals surface area contributed by atoms with E-state index in [9.17, 15) is 9.59 Å². The quantitative estimate of drug-likeness (QED) is 0.833. The van der Waals surface area contributed by atoms with Gasteiger partial charge in [0, 0.05) is 24.5 Å². The van der Waals surface area contributed by atoms with Crippen LogP contribution in [0, 0.1) is 12.8 Å². The minimum Gasteiger partial charge on any atom is -0.326 e. The first kappa shape index (κ1) is 20.1. The highest BCUT2D eigenvalue weighted by atomic mass is 16.2. The molecular formula is C23H29N3O2. The van der Waals surface area contributed by atoms with Crippen molar-refractivity contribution >= 4 is 23.2 Å². The molecule has 1 saturated heterocycles. The number of anilines is 2. The Balaban J connectivity index is 1.60. The van der Waals surface area contributed by atoms with Crippen molar-refractivity contribution in [1.82, 2.24) is 4.90 Å². The molecule has 1 aliphatic rings. The second-order valence-electron chi connectivity index (χ2n) is 7.35. The summed E-state index contributed by atoms with van der Waals surface area (Å²) >= 11 is 0. The van der Waals surface area contributed by atoms with Gasteiger partial charge in [-0.05, 0) is 57.0 Å². The van der Waals surface area contributed by atoms with Gasteiger partial charge in [0.25, 0.3) is 0 Å². The Morgan fingerprint density at radius 1 is 1.11 bits per heavy atom. The molecule has 0 bridgehead atoms. The lowest BCUT2D eigenvalue weighted by atomic mass is 9.97. The lowest BCUT2D eigenvalue weighted by Crippen LogP contribution is -2.46. The molecule has 1 atom stereocenters. The van der Waals surface area contributed by atoms with Crippen LogP contribution in [0.3, 0.4) is 0 Å². The van der Waals surface area contributed by atoms with Crippen molar-refractivity contribution in [2.45, 2.75) is 26.7 Å². The molecule has 28 heavy (non-hydrogen) atoms. The van der Waals surface area contributed by atoms with Crippen LogP contribution in [0.2, 0.25) is 0 Å². The van der Waals surface area contributed by atoms with Gasteiger partial charge in [-0.1, -0.05) is 36.4 Å². The van der Waals surface area contributed by atoms with E-state index in [1.54, 1.807) is 0 Å². The number of aryl methyl sites for hydroxylation is 1. The average Bonchev–Trinajstić information content (AvgIpc) is 2.71. The number of nitrogens with zero attached hydrogens (tertiary/aromatic N) is 2. The van der Waals surface area contributed by atoms with Gasteiger partial charge >= 0.3 is 0 Å². The molecule has 1 aliphatic heterocycles. The molecule has 2 aromatic carbocycles. The summed E-state index contributed by atoms with van der Waals surface area (Å²) in [5.41, 5.74) is 2.87. The molecule has 3 rings (SSSR count). The van der Waals surface area contributed by atoms with Crippen LogP contribution in [-0.2, 0) is 9.59 Å². The first-order chi connectivity index (χ1) is 13.6. The highest BCUT2D eigenvalue weighted by molar-refractivity contribution is 5.96. The van der Waals surface area contributed by atoms with Crippen LogP contribution in [0.25, 0.3) is 0 Å². The highest BCUT2D eigenvalue weighted by Gasteiger charge is 2.28. The number of hydrogen-bond donors (Lipinski definition) is 1. The third-order valence-electron chi connectivity index (χ3n) is 5.30. The number of likely N-dealkylation sites (tertiary alicyclic amines) is 1. The van der Waals surface area contributed by atoms with Crippen LogP contribution in [0.1, 0.15) is 25.3 Å². The second kappa shape index (κ2) is 9.51. The fourth-order valence-corrected chi connectivity index (χ4v) is 3.80. The summed E-state index contributed by atoms with van der Waals surface area (Å²) in [5, 5.41) is 2.99. The Labute approximate surface area is 167 Å². The highest BCUT2D eigenvalue weighted by Crippen LogP contribution is 2.22. The van der Waals surface area contributed by atoms with Gasteiger partial charge in [0.2, 0.25) is 11.8 Å². The molecule has 1 heterocycles. The fourth-order valence-electron chi connectivity index (χ4n) is 3.80. The van der Waals surface area contributed by atoms with Crippen molar-refractivity contribution < 1.29 is 9.59 Å². The minimum atomic E-state index is -0.0877. The van der Waals surface area contributed by atoms with E-state index < -0.39 is 0 Å². The molecular weight excluding hydrogens is 350 g/mol. The molecule has 2 amide bonds. The zero-order chi connectivity index (χ0) is 19.9. The number of nitrogens with one attached hydrogen (secondary N) is 1. The lowest BCUT2D eigenvalue weighted by Gasteiger charge is -2.33. The monoisotopic (exact) mass is 379 g/mol. The lowest BCUT2D eigenvalue weighted by molar-refractivity contribution is -0.124. The van der Waals surface area contributed by atoms with Gasteiger partial charge in [0.1, 0.15) is 0 Å². The van der Waals surface area contributed by atoms with E-state index in [1.165, 1.54) is 0 Å². The van der Waals surface area contributed by atoms with Crippen molar-refractivity contribution in [1.29, 1.82) is 0 Å². The normalized spacial score (nSPS) is 17.1. The summed E-state index contributed by atoms with van der Waals surface area (Å²) in [4.78, 5) is 29.5. The minimum absolute atomic E-state index is 0.0367. The molecule has 0 radical (unpaired) electrons. The number of rotatable bonds is 6. The van der Waals surface area contributed by atoms with Crippen LogP contribution in [0.15, 0.2) is 54.6 Å². The first-order valence-electron chi connectivity index (χ1n) is 10.0. The molecule has 0 saturated carbocycles. The van der Waals surface area contributed by atoms with Crippen molar-refractivity contribution in [2.24, 2.45) is 5.92 Å². The maximum Gasteiger partial charge on any atom is 0.241 e.